The molecule has 0 saturated carbocycles. The number of aliphatic hydroxyl groups is 1. The van der Waals surface area contributed by atoms with Crippen LogP contribution in [-0.2, 0) is 18.9 Å². The van der Waals surface area contributed by atoms with Gasteiger partial charge in [0, 0.05) is 6.54 Å². The van der Waals surface area contributed by atoms with Gasteiger partial charge in [-0.1, -0.05) is 0 Å². The van der Waals surface area contributed by atoms with Crippen molar-refractivity contribution in [3.05, 3.63) is 0 Å². The van der Waals surface area contributed by atoms with Crippen molar-refractivity contribution < 1.29 is 34.0 Å². The summed E-state index contributed by atoms with van der Waals surface area (Å²) in [5.74, 6) is 0. The Labute approximate surface area is 112 Å². The third-order valence-electron chi connectivity index (χ3n) is 1.87. The van der Waals surface area contributed by atoms with Gasteiger partial charge in [-0.05, 0) is 0 Å². The Morgan fingerprint density at radius 3 is 1.63 bits per heavy atom. The van der Waals surface area contributed by atoms with Crippen LogP contribution in [0.4, 0.5) is 4.79 Å². The molecule has 8 heteroatoms. The Hall–Kier alpha value is -0.930. The first-order valence-electron chi connectivity index (χ1n) is 6.16. The summed E-state index contributed by atoms with van der Waals surface area (Å²) in [6, 6.07) is 0. The van der Waals surface area contributed by atoms with E-state index in [9.17, 15) is 4.79 Å². The number of aliphatic hydroxyl groups excluding tert-OH is 1. The van der Waals surface area contributed by atoms with Gasteiger partial charge < -0.3 is 34.5 Å². The van der Waals surface area contributed by atoms with Gasteiger partial charge in [0.25, 0.3) is 0 Å². The fourth-order valence-corrected chi connectivity index (χ4v) is 1.06. The average molecular weight is 281 g/mol. The van der Waals surface area contributed by atoms with Crippen LogP contribution in [0.15, 0.2) is 0 Å². The second-order valence-corrected chi connectivity index (χ2v) is 3.41. The summed E-state index contributed by atoms with van der Waals surface area (Å²) in [4.78, 5) is 10.1. The highest BCUT2D eigenvalue weighted by Gasteiger charge is 1.94. The SMILES string of the molecule is O=C(O)NCCOCCOCCOCCOCCO. The predicted molar refractivity (Wildman–Crippen MR) is 66.4 cm³/mol. The van der Waals surface area contributed by atoms with E-state index in [1.165, 1.54) is 0 Å². The molecule has 0 heterocycles. The Bertz CT molecular complexity index is 203. The first kappa shape index (κ1) is 18.1. The smallest absolute Gasteiger partial charge is 0.404 e. The van der Waals surface area contributed by atoms with Crippen LogP contribution in [0.3, 0.4) is 0 Å². The van der Waals surface area contributed by atoms with E-state index >= 15 is 0 Å². The van der Waals surface area contributed by atoms with Gasteiger partial charge in [0.1, 0.15) is 0 Å². The maximum atomic E-state index is 10.1. The molecule has 1 amide bonds. The summed E-state index contributed by atoms with van der Waals surface area (Å²) in [6.45, 7) is 3.68. The van der Waals surface area contributed by atoms with Gasteiger partial charge >= 0.3 is 6.09 Å². The molecule has 0 aliphatic rings. The van der Waals surface area contributed by atoms with E-state index in [0.717, 1.165) is 0 Å². The van der Waals surface area contributed by atoms with Gasteiger partial charge in [0.05, 0.1) is 59.5 Å². The molecule has 0 aromatic heterocycles. The Morgan fingerprint density at radius 2 is 1.21 bits per heavy atom. The fraction of sp³-hybridized carbons (Fsp3) is 0.909. The second kappa shape index (κ2) is 15.1. The average Bonchev–Trinajstić information content (AvgIpc) is 2.39. The Balaban J connectivity index is 2.93. The van der Waals surface area contributed by atoms with Crippen LogP contribution in [0.2, 0.25) is 0 Å². The van der Waals surface area contributed by atoms with Gasteiger partial charge in [-0.25, -0.2) is 4.79 Å². The van der Waals surface area contributed by atoms with Crippen LogP contribution in [0.5, 0.6) is 0 Å². The number of amides is 1. The summed E-state index contributed by atoms with van der Waals surface area (Å²) in [5, 5.41) is 18.9. The van der Waals surface area contributed by atoms with Crippen molar-refractivity contribution in [2.24, 2.45) is 0 Å². The minimum atomic E-state index is -1.06. The van der Waals surface area contributed by atoms with Gasteiger partial charge in [0.2, 0.25) is 0 Å². The molecule has 0 rings (SSSR count). The molecular weight excluding hydrogens is 258 g/mol. The minimum Gasteiger partial charge on any atom is -0.465 e. The lowest BCUT2D eigenvalue weighted by atomic mass is 10.6. The monoisotopic (exact) mass is 281 g/mol. The summed E-state index contributed by atoms with van der Waals surface area (Å²) < 4.78 is 20.5. The highest BCUT2D eigenvalue weighted by molar-refractivity contribution is 5.64. The fourth-order valence-electron chi connectivity index (χ4n) is 1.06. The molecular formula is C11H23NO7. The van der Waals surface area contributed by atoms with Gasteiger partial charge in [-0.15, -0.1) is 0 Å². The molecule has 0 aromatic rings. The zero-order chi connectivity index (χ0) is 14.2. The molecule has 0 radical (unpaired) electrons. The number of nitrogens with one attached hydrogen (secondary N) is 1. The van der Waals surface area contributed by atoms with E-state index in [-0.39, 0.29) is 13.2 Å². The van der Waals surface area contributed by atoms with Crippen molar-refractivity contribution in [1.29, 1.82) is 0 Å². The van der Waals surface area contributed by atoms with E-state index in [0.29, 0.717) is 52.9 Å². The largest absolute Gasteiger partial charge is 0.465 e. The van der Waals surface area contributed by atoms with Crippen LogP contribution in [0, 0.1) is 0 Å². The molecule has 3 N–H and O–H groups in total. The molecule has 0 bridgehead atoms. The van der Waals surface area contributed by atoms with E-state index in [1.54, 1.807) is 0 Å². The Kier molecular flexibility index (Phi) is 14.4. The number of rotatable bonds is 14. The first-order chi connectivity index (χ1) is 9.27. The van der Waals surface area contributed by atoms with Crippen molar-refractivity contribution >= 4 is 6.09 Å². The summed E-state index contributed by atoms with van der Waals surface area (Å²) in [7, 11) is 0. The van der Waals surface area contributed by atoms with E-state index in [4.69, 9.17) is 29.2 Å². The zero-order valence-corrected chi connectivity index (χ0v) is 11.0. The molecule has 0 aliphatic carbocycles. The second-order valence-electron chi connectivity index (χ2n) is 3.41. The standard InChI is InChI=1S/C11H23NO7/c13-2-4-17-6-8-19-10-9-18-7-5-16-3-1-12-11(14)15/h12-13H,1-10H2,(H,14,15). The highest BCUT2D eigenvalue weighted by Crippen LogP contribution is 1.82. The number of carboxylic acid groups (broad SMARTS) is 1. The maximum Gasteiger partial charge on any atom is 0.404 e. The van der Waals surface area contributed by atoms with Crippen LogP contribution in [-0.4, -0.2) is 82.3 Å². The van der Waals surface area contributed by atoms with Crippen LogP contribution >= 0.6 is 0 Å². The lowest BCUT2D eigenvalue weighted by Gasteiger charge is -2.07. The third kappa shape index (κ3) is 17.1. The Morgan fingerprint density at radius 1 is 0.789 bits per heavy atom. The molecule has 0 fully saturated rings. The van der Waals surface area contributed by atoms with Gasteiger partial charge in [-0.3, -0.25) is 0 Å². The number of hydrogen-bond acceptors (Lipinski definition) is 6. The molecule has 0 aliphatic heterocycles. The van der Waals surface area contributed by atoms with Gasteiger partial charge in [0.15, 0.2) is 0 Å². The number of hydrogen-bond donors (Lipinski definition) is 3. The van der Waals surface area contributed by atoms with Gasteiger partial charge in [-0.2, -0.15) is 0 Å². The van der Waals surface area contributed by atoms with Crippen LogP contribution in [0.1, 0.15) is 0 Å². The van der Waals surface area contributed by atoms with Crippen LogP contribution < -0.4 is 5.32 Å². The maximum absolute atomic E-state index is 10.1. The molecule has 114 valence electrons. The molecule has 19 heavy (non-hydrogen) atoms. The van der Waals surface area contributed by atoms with Crippen LogP contribution in [0.25, 0.3) is 0 Å². The highest BCUT2D eigenvalue weighted by atomic mass is 16.6. The third-order valence-corrected chi connectivity index (χ3v) is 1.87. The topological polar surface area (TPSA) is 106 Å². The zero-order valence-electron chi connectivity index (χ0n) is 11.0. The van der Waals surface area contributed by atoms with Crippen molar-refractivity contribution in [1.82, 2.24) is 5.32 Å². The minimum absolute atomic E-state index is 0.0189. The van der Waals surface area contributed by atoms with Crippen molar-refractivity contribution in [3.8, 4) is 0 Å². The summed E-state index contributed by atoms with van der Waals surface area (Å²) in [5.41, 5.74) is 0. The van der Waals surface area contributed by atoms with Crippen molar-refractivity contribution in [2.45, 2.75) is 0 Å². The molecule has 0 aromatic carbocycles. The van der Waals surface area contributed by atoms with E-state index in [2.05, 4.69) is 5.32 Å². The number of ether oxygens (including phenoxy) is 4. The molecule has 8 nitrogen and oxygen atoms in total. The number of carbonyl (C=O) groups is 1. The quantitative estimate of drug-likeness (QED) is 0.362. The van der Waals surface area contributed by atoms with Crippen molar-refractivity contribution in [2.75, 3.05) is 66.0 Å². The molecule has 0 unspecified atom stereocenters. The van der Waals surface area contributed by atoms with Crippen molar-refractivity contribution in [3.63, 3.8) is 0 Å². The summed E-state index contributed by atoms with van der Waals surface area (Å²) in [6.07, 6.45) is -1.06. The molecule has 0 spiro atoms. The normalized spacial score (nSPS) is 10.6. The first-order valence-corrected chi connectivity index (χ1v) is 6.16. The lowest BCUT2D eigenvalue weighted by molar-refractivity contribution is -0.00514. The molecule has 0 saturated heterocycles. The van der Waals surface area contributed by atoms with E-state index in [1.807, 2.05) is 0 Å². The molecule has 0 atom stereocenters. The summed E-state index contributed by atoms with van der Waals surface area (Å²) >= 11 is 0. The predicted octanol–water partition coefficient (Wildman–Crippen LogP) is -0.687. The van der Waals surface area contributed by atoms with E-state index < -0.39 is 6.09 Å². The lowest BCUT2D eigenvalue weighted by Crippen LogP contribution is -2.25.